The Morgan fingerprint density at radius 3 is 2.68 bits per heavy atom. The van der Waals surface area contributed by atoms with Crippen molar-refractivity contribution in [2.75, 3.05) is 33.9 Å². The molecule has 1 fully saturated rings. The smallest absolute Gasteiger partial charge is 0.257 e. The maximum absolute atomic E-state index is 13.0. The standard InChI is InChI=1S/C19H28N2O4/c1-5-10-20-18(23)19(2)9-6-11-21(13-19)17(22)15-8-7-14(24-3)12-16(15)25-4/h7-8,12H,5-6,9-11,13H2,1-4H3,(H,20,23). The maximum Gasteiger partial charge on any atom is 0.257 e. The summed E-state index contributed by atoms with van der Waals surface area (Å²) in [5.74, 6) is 1.02. The number of amides is 2. The number of benzene rings is 1. The van der Waals surface area contributed by atoms with Gasteiger partial charge in [-0.2, -0.15) is 0 Å². The van der Waals surface area contributed by atoms with Crippen molar-refractivity contribution in [2.45, 2.75) is 33.1 Å². The molecule has 6 nitrogen and oxygen atoms in total. The largest absolute Gasteiger partial charge is 0.497 e. The average molecular weight is 348 g/mol. The Balaban J connectivity index is 2.18. The third-order valence-corrected chi connectivity index (χ3v) is 4.71. The minimum atomic E-state index is -0.553. The molecule has 25 heavy (non-hydrogen) atoms. The summed E-state index contributed by atoms with van der Waals surface area (Å²) in [6.45, 7) is 5.67. The van der Waals surface area contributed by atoms with Crippen molar-refractivity contribution in [3.63, 3.8) is 0 Å². The fraction of sp³-hybridized carbons (Fsp3) is 0.579. The van der Waals surface area contributed by atoms with Crippen LogP contribution in [0.5, 0.6) is 11.5 Å². The van der Waals surface area contributed by atoms with Crippen LogP contribution in [0.15, 0.2) is 18.2 Å². The Labute approximate surface area is 149 Å². The summed E-state index contributed by atoms with van der Waals surface area (Å²) in [5, 5.41) is 2.96. The summed E-state index contributed by atoms with van der Waals surface area (Å²) in [6, 6.07) is 5.15. The van der Waals surface area contributed by atoms with Crippen molar-refractivity contribution in [1.29, 1.82) is 0 Å². The molecule has 1 saturated heterocycles. The second-order valence-corrected chi connectivity index (χ2v) is 6.71. The van der Waals surface area contributed by atoms with Crippen LogP contribution >= 0.6 is 0 Å². The molecule has 138 valence electrons. The second kappa shape index (κ2) is 8.23. The number of piperidine rings is 1. The van der Waals surface area contributed by atoms with Gasteiger partial charge in [-0.1, -0.05) is 6.92 Å². The molecule has 1 aliphatic rings. The quantitative estimate of drug-likeness (QED) is 0.857. The third-order valence-electron chi connectivity index (χ3n) is 4.71. The molecule has 1 aromatic rings. The number of nitrogens with one attached hydrogen (secondary N) is 1. The van der Waals surface area contributed by atoms with Gasteiger partial charge < -0.3 is 19.7 Å². The van der Waals surface area contributed by atoms with Crippen LogP contribution in [0.3, 0.4) is 0 Å². The van der Waals surface area contributed by atoms with E-state index in [9.17, 15) is 9.59 Å². The van der Waals surface area contributed by atoms with Gasteiger partial charge in [0.2, 0.25) is 5.91 Å². The minimum Gasteiger partial charge on any atom is -0.497 e. The molecular weight excluding hydrogens is 320 g/mol. The predicted molar refractivity (Wildman–Crippen MR) is 96.1 cm³/mol. The normalized spacial score (nSPS) is 20.1. The molecule has 0 bridgehead atoms. The van der Waals surface area contributed by atoms with Crippen molar-refractivity contribution >= 4 is 11.8 Å². The molecule has 1 aliphatic heterocycles. The lowest BCUT2D eigenvalue weighted by Crippen LogP contribution is -2.52. The highest BCUT2D eigenvalue weighted by atomic mass is 16.5. The van der Waals surface area contributed by atoms with Gasteiger partial charge in [-0.15, -0.1) is 0 Å². The molecule has 0 aromatic heterocycles. The highest BCUT2D eigenvalue weighted by molar-refractivity contribution is 5.97. The minimum absolute atomic E-state index is 0.0218. The fourth-order valence-electron chi connectivity index (χ4n) is 3.20. The van der Waals surface area contributed by atoms with Crippen LogP contribution in [-0.2, 0) is 4.79 Å². The number of nitrogens with zero attached hydrogens (tertiary/aromatic N) is 1. The van der Waals surface area contributed by atoms with E-state index in [1.54, 1.807) is 30.2 Å². The number of methoxy groups -OCH3 is 2. The van der Waals surface area contributed by atoms with Crippen molar-refractivity contribution in [3.05, 3.63) is 23.8 Å². The molecule has 2 amide bonds. The van der Waals surface area contributed by atoms with Gasteiger partial charge in [0.15, 0.2) is 0 Å². The Kier molecular flexibility index (Phi) is 6.28. The Bertz CT molecular complexity index is 632. The fourth-order valence-corrected chi connectivity index (χ4v) is 3.20. The first kappa shape index (κ1) is 19.1. The van der Waals surface area contributed by atoms with E-state index in [4.69, 9.17) is 9.47 Å². The maximum atomic E-state index is 13.0. The zero-order valence-electron chi connectivity index (χ0n) is 15.6. The second-order valence-electron chi connectivity index (χ2n) is 6.71. The summed E-state index contributed by atoms with van der Waals surface area (Å²) in [5.41, 5.74) is -0.0653. The van der Waals surface area contributed by atoms with Crippen LogP contribution in [0.1, 0.15) is 43.5 Å². The van der Waals surface area contributed by atoms with E-state index >= 15 is 0 Å². The van der Waals surface area contributed by atoms with Crippen LogP contribution < -0.4 is 14.8 Å². The molecular formula is C19H28N2O4. The summed E-state index contributed by atoms with van der Waals surface area (Å²) < 4.78 is 10.5. The molecule has 1 heterocycles. The van der Waals surface area contributed by atoms with E-state index in [0.717, 1.165) is 19.3 Å². The van der Waals surface area contributed by atoms with Gasteiger partial charge in [0.05, 0.1) is 25.2 Å². The third kappa shape index (κ3) is 4.24. The topological polar surface area (TPSA) is 67.9 Å². The molecule has 1 atom stereocenters. The van der Waals surface area contributed by atoms with Gasteiger partial charge in [-0.05, 0) is 38.3 Å². The number of ether oxygens (including phenoxy) is 2. The highest BCUT2D eigenvalue weighted by Crippen LogP contribution is 2.32. The van der Waals surface area contributed by atoms with Gasteiger partial charge in [-0.25, -0.2) is 0 Å². The summed E-state index contributed by atoms with van der Waals surface area (Å²) in [4.78, 5) is 27.2. The number of carbonyl (C=O) groups is 2. The van der Waals surface area contributed by atoms with Crippen LogP contribution in [0.2, 0.25) is 0 Å². The van der Waals surface area contributed by atoms with Crippen LogP contribution in [0.4, 0.5) is 0 Å². The number of likely N-dealkylation sites (tertiary alicyclic amines) is 1. The zero-order valence-corrected chi connectivity index (χ0v) is 15.6. The first-order valence-electron chi connectivity index (χ1n) is 8.74. The Morgan fingerprint density at radius 1 is 1.28 bits per heavy atom. The van der Waals surface area contributed by atoms with Gasteiger partial charge in [0, 0.05) is 25.7 Å². The Hall–Kier alpha value is -2.24. The number of rotatable bonds is 6. The lowest BCUT2D eigenvalue weighted by atomic mass is 9.80. The number of hydrogen-bond donors (Lipinski definition) is 1. The van der Waals surface area contributed by atoms with E-state index in [-0.39, 0.29) is 11.8 Å². The molecule has 2 rings (SSSR count). The number of carbonyl (C=O) groups excluding carboxylic acids is 2. The zero-order chi connectivity index (χ0) is 18.4. The van der Waals surface area contributed by atoms with Gasteiger partial charge in [0.1, 0.15) is 11.5 Å². The molecule has 6 heteroatoms. The summed E-state index contributed by atoms with van der Waals surface area (Å²) >= 11 is 0. The average Bonchev–Trinajstić information content (AvgIpc) is 2.64. The van der Waals surface area contributed by atoms with Crippen molar-refractivity contribution in [1.82, 2.24) is 10.2 Å². The van der Waals surface area contributed by atoms with E-state index < -0.39 is 5.41 Å². The molecule has 1 N–H and O–H groups in total. The van der Waals surface area contributed by atoms with Crippen molar-refractivity contribution in [3.8, 4) is 11.5 Å². The van der Waals surface area contributed by atoms with Crippen molar-refractivity contribution < 1.29 is 19.1 Å². The Morgan fingerprint density at radius 2 is 2.04 bits per heavy atom. The van der Waals surface area contributed by atoms with E-state index in [1.807, 2.05) is 13.8 Å². The monoisotopic (exact) mass is 348 g/mol. The molecule has 1 aromatic carbocycles. The van der Waals surface area contributed by atoms with Gasteiger partial charge in [0.25, 0.3) is 5.91 Å². The van der Waals surface area contributed by atoms with Crippen molar-refractivity contribution in [2.24, 2.45) is 5.41 Å². The van der Waals surface area contributed by atoms with Gasteiger partial charge >= 0.3 is 0 Å². The van der Waals surface area contributed by atoms with Crippen LogP contribution in [0, 0.1) is 5.41 Å². The van der Waals surface area contributed by atoms with E-state index in [2.05, 4.69) is 5.32 Å². The molecule has 1 unspecified atom stereocenters. The van der Waals surface area contributed by atoms with Crippen LogP contribution in [0.25, 0.3) is 0 Å². The van der Waals surface area contributed by atoms with Crippen LogP contribution in [-0.4, -0.2) is 50.6 Å². The summed E-state index contributed by atoms with van der Waals surface area (Å²) in [6.07, 6.45) is 2.49. The number of hydrogen-bond acceptors (Lipinski definition) is 4. The SMILES string of the molecule is CCCNC(=O)C1(C)CCCN(C(=O)c2ccc(OC)cc2OC)C1. The molecule has 0 aliphatic carbocycles. The summed E-state index contributed by atoms with van der Waals surface area (Å²) in [7, 11) is 3.10. The van der Waals surface area contributed by atoms with E-state index in [1.165, 1.54) is 7.11 Å². The first-order chi connectivity index (χ1) is 11.9. The molecule has 0 spiro atoms. The lowest BCUT2D eigenvalue weighted by molar-refractivity contribution is -0.132. The molecule has 0 radical (unpaired) electrons. The predicted octanol–water partition coefficient (Wildman–Crippen LogP) is 2.47. The molecule has 0 saturated carbocycles. The highest BCUT2D eigenvalue weighted by Gasteiger charge is 2.39. The lowest BCUT2D eigenvalue weighted by Gasteiger charge is -2.39. The first-order valence-corrected chi connectivity index (χ1v) is 8.74. The van der Waals surface area contributed by atoms with E-state index in [0.29, 0.717) is 36.7 Å². The van der Waals surface area contributed by atoms with Gasteiger partial charge in [-0.3, -0.25) is 9.59 Å².